The van der Waals surface area contributed by atoms with Gasteiger partial charge in [-0.1, -0.05) is 45.1 Å². The van der Waals surface area contributed by atoms with Gasteiger partial charge in [0.05, 0.1) is 32.3 Å². The Bertz CT molecular complexity index is 914. The van der Waals surface area contributed by atoms with Crippen LogP contribution in [0.4, 0.5) is 5.69 Å². The zero-order chi connectivity index (χ0) is 25.5. The van der Waals surface area contributed by atoms with Crippen LogP contribution in [-0.4, -0.2) is 56.3 Å². The molecule has 0 unspecified atom stereocenters. The second-order valence-electron chi connectivity index (χ2n) is 9.29. The molecule has 6 nitrogen and oxygen atoms in total. The average molecular weight is 564 g/mol. The van der Waals surface area contributed by atoms with Crippen LogP contribution in [-0.2, 0) is 4.74 Å². The van der Waals surface area contributed by atoms with Gasteiger partial charge < -0.3 is 36.3 Å². The summed E-state index contributed by atoms with van der Waals surface area (Å²) in [5.74, 6) is 0.128. The quantitative estimate of drug-likeness (QED) is 0.193. The van der Waals surface area contributed by atoms with E-state index in [9.17, 15) is 9.59 Å². The molecule has 1 amide bonds. The van der Waals surface area contributed by atoms with Gasteiger partial charge in [0.25, 0.3) is 5.91 Å². The fourth-order valence-electron chi connectivity index (χ4n) is 3.67. The molecule has 36 heavy (non-hydrogen) atoms. The van der Waals surface area contributed by atoms with Crippen LogP contribution in [0, 0.1) is 0 Å². The average Bonchev–Trinajstić information content (AvgIpc) is 2.88. The molecular weight excluding hydrogens is 520 g/mol. The summed E-state index contributed by atoms with van der Waals surface area (Å²) in [6.07, 6.45) is 7.25. The van der Waals surface area contributed by atoms with Gasteiger partial charge in [-0.25, -0.2) is 4.79 Å². The van der Waals surface area contributed by atoms with Crippen molar-refractivity contribution in [1.29, 1.82) is 0 Å². The molecule has 0 heterocycles. The zero-order valence-electron chi connectivity index (χ0n) is 22.4. The maximum absolute atomic E-state index is 12.7. The Hall–Kier alpha value is -2.38. The van der Waals surface area contributed by atoms with Gasteiger partial charge >= 0.3 is 5.97 Å². The molecule has 1 N–H and O–H groups in total. The highest BCUT2D eigenvalue weighted by Crippen LogP contribution is 2.17. The first-order valence-corrected chi connectivity index (χ1v) is 13.1. The van der Waals surface area contributed by atoms with Gasteiger partial charge in [0.15, 0.2) is 0 Å². The van der Waals surface area contributed by atoms with Crippen LogP contribution in [0.2, 0.25) is 0 Å². The van der Waals surface area contributed by atoms with Crippen LogP contribution in [0.5, 0.6) is 5.75 Å². The van der Waals surface area contributed by atoms with Crippen LogP contribution in [0.1, 0.15) is 80.0 Å². The molecule has 0 fully saturated rings. The lowest BCUT2D eigenvalue weighted by Gasteiger charge is -2.31. The Morgan fingerprint density at radius 2 is 1.50 bits per heavy atom. The van der Waals surface area contributed by atoms with Crippen molar-refractivity contribution >= 4 is 17.6 Å². The second-order valence-corrected chi connectivity index (χ2v) is 9.29. The van der Waals surface area contributed by atoms with Gasteiger partial charge in [-0.05, 0) is 62.7 Å². The van der Waals surface area contributed by atoms with Crippen LogP contribution in [0.15, 0.2) is 48.5 Å². The number of halogens is 1. The minimum Gasteiger partial charge on any atom is -1.00 e. The lowest BCUT2D eigenvalue weighted by Crippen LogP contribution is -3.00. The molecule has 2 aromatic rings. The molecule has 7 heteroatoms. The van der Waals surface area contributed by atoms with E-state index >= 15 is 0 Å². The largest absolute Gasteiger partial charge is 1.00 e. The van der Waals surface area contributed by atoms with Crippen molar-refractivity contribution in [2.45, 2.75) is 59.3 Å². The van der Waals surface area contributed by atoms with Gasteiger partial charge in [0.1, 0.15) is 18.9 Å². The van der Waals surface area contributed by atoms with E-state index in [2.05, 4.69) is 33.1 Å². The molecule has 0 saturated carbocycles. The topological polar surface area (TPSA) is 64.6 Å². The number of unbranched alkanes of at least 4 members (excludes halogenated alkanes) is 5. The highest BCUT2D eigenvalue weighted by molar-refractivity contribution is 6.04. The summed E-state index contributed by atoms with van der Waals surface area (Å²) in [6, 6.07) is 14.0. The Morgan fingerprint density at radius 1 is 0.833 bits per heavy atom. The zero-order valence-corrected chi connectivity index (χ0v) is 23.9. The monoisotopic (exact) mass is 562 g/mol. The lowest BCUT2D eigenvalue weighted by molar-refractivity contribution is -0.906. The molecule has 0 radical (unpaired) electrons. The number of amides is 1. The first-order valence-electron chi connectivity index (χ1n) is 13.1. The van der Waals surface area contributed by atoms with Gasteiger partial charge in [-0.2, -0.15) is 0 Å². The smallest absolute Gasteiger partial charge is 0.338 e. The van der Waals surface area contributed by atoms with Crippen LogP contribution in [0.25, 0.3) is 0 Å². The molecule has 2 rings (SSSR count). The standard InChI is InChI=1S/C29H42N2O4.BrH/c1-5-8-9-10-11-12-21-34-27-15-13-14-25(23-27)28(32)30-26-18-16-24(17-19-26)29(33)35-22-20-31(4,6-2)7-3;/h13-19,23H,5-12,20-22H2,1-4H3;1H. The molecule has 200 valence electrons. The number of nitrogens with one attached hydrogen (secondary N) is 1. The Kier molecular flexibility index (Phi) is 15.1. The molecule has 0 bridgehead atoms. The molecular formula is C29H43BrN2O4. The summed E-state index contributed by atoms with van der Waals surface area (Å²) < 4.78 is 12.1. The minimum atomic E-state index is -0.350. The Morgan fingerprint density at radius 3 is 2.17 bits per heavy atom. The summed E-state index contributed by atoms with van der Waals surface area (Å²) >= 11 is 0. The summed E-state index contributed by atoms with van der Waals surface area (Å²) in [7, 11) is 2.16. The minimum absolute atomic E-state index is 0. The number of anilines is 1. The van der Waals surface area contributed by atoms with Gasteiger partial charge in [-0.15, -0.1) is 0 Å². The van der Waals surface area contributed by atoms with Crippen molar-refractivity contribution in [2.24, 2.45) is 0 Å². The number of quaternary nitrogens is 1. The fourth-order valence-corrected chi connectivity index (χ4v) is 3.67. The summed E-state index contributed by atoms with van der Waals surface area (Å²) in [5.41, 5.74) is 1.61. The molecule has 0 aliphatic rings. The molecule has 2 aromatic carbocycles. The lowest BCUT2D eigenvalue weighted by atomic mass is 10.1. The van der Waals surface area contributed by atoms with E-state index in [0.29, 0.717) is 35.8 Å². The Balaban J connectivity index is 0.00000648. The second kappa shape index (κ2) is 17.1. The van der Waals surface area contributed by atoms with Crippen LogP contribution < -0.4 is 27.0 Å². The third kappa shape index (κ3) is 11.1. The number of carbonyl (C=O) groups is 2. The number of rotatable bonds is 16. The van der Waals surface area contributed by atoms with E-state index in [1.807, 2.05) is 12.1 Å². The third-order valence-electron chi connectivity index (χ3n) is 6.63. The SMILES string of the molecule is CCCCCCCCOc1cccc(C(=O)Nc2ccc(C(=O)OCC[N+](C)(CC)CC)cc2)c1.[Br-]. The van der Waals surface area contributed by atoms with Gasteiger partial charge in [0, 0.05) is 11.3 Å². The first kappa shape index (κ1) is 31.6. The number of nitrogens with zero attached hydrogens (tertiary/aromatic N) is 1. The van der Waals surface area contributed by atoms with E-state index in [1.54, 1.807) is 36.4 Å². The van der Waals surface area contributed by atoms with Crippen LogP contribution in [0.3, 0.4) is 0 Å². The number of esters is 1. The van der Waals surface area contributed by atoms with Crippen molar-refractivity contribution in [3.63, 3.8) is 0 Å². The normalized spacial score (nSPS) is 10.9. The van der Waals surface area contributed by atoms with E-state index < -0.39 is 0 Å². The van der Waals surface area contributed by atoms with E-state index in [4.69, 9.17) is 9.47 Å². The summed E-state index contributed by atoms with van der Waals surface area (Å²) in [4.78, 5) is 25.0. The molecule has 0 atom stereocenters. The third-order valence-corrected chi connectivity index (χ3v) is 6.63. The van der Waals surface area contributed by atoms with Gasteiger partial charge in [0.2, 0.25) is 0 Å². The summed E-state index contributed by atoms with van der Waals surface area (Å²) in [6.45, 7) is 10.3. The van der Waals surface area contributed by atoms with Crippen molar-refractivity contribution in [1.82, 2.24) is 0 Å². The predicted molar refractivity (Wildman–Crippen MR) is 142 cm³/mol. The number of benzene rings is 2. The van der Waals surface area contributed by atoms with Crippen molar-refractivity contribution < 1.29 is 40.5 Å². The highest BCUT2D eigenvalue weighted by Gasteiger charge is 2.17. The first-order chi connectivity index (χ1) is 16.9. The summed E-state index contributed by atoms with van der Waals surface area (Å²) in [5, 5.41) is 2.88. The maximum atomic E-state index is 12.7. The van der Waals surface area contributed by atoms with Gasteiger partial charge in [-0.3, -0.25) is 4.79 Å². The number of likely N-dealkylation sites (N-methyl/N-ethyl adjacent to an activating group) is 1. The molecule has 0 aliphatic carbocycles. The van der Waals surface area contributed by atoms with Crippen molar-refractivity contribution in [2.75, 3.05) is 45.2 Å². The number of hydrogen-bond donors (Lipinski definition) is 1. The van der Waals surface area contributed by atoms with Crippen LogP contribution >= 0.6 is 0 Å². The number of hydrogen-bond acceptors (Lipinski definition) is 4. The Labute approximate surface area is 227 Å². The van der Waals surface area contributed by atoms with Crippen molar-refractivity contribution in [3.05, 3.63) is 59.7 Å². The van der Waals surface area contributed by atoms with E-state index in [1.165, 1.54) is 32.1 Å². The van der Waals surface area contributed by atoms with Crippen molar-refractivity contribution in [3.8, 4) is 5.75 Å². The predicted octanol–water partition coefficient (Wildman–Crippen LogP) is 3.33. The number of ether oxygens (including phenoxy) is 2. The molecule has 0 saturated heterocycles. The van der Waals surface area contributed by atoms with E-state index in [0.717, 1.165) is 30.5 Å². The molecule has 0 aromatic heterocycles. The molecule has 0 spiro atoms. The maximum Gasteiger partial charge on any atom is 0.338 e. The highest BCUT2D eigenvalue weighted by atomic mass is 79.9. The molecule has 0 aliphatic heterocycles. The number of carbonyl (C=O) groups excluding carboxylic acids is 2. The van der Waals surface area contributed by atoms with E-state index in [-0.39, 0.29) is 28.9 Å². The fraction of sp³-hybridized carbons (Fsp3) is 0.517.